The van der Waals surface area contributed by atoms with E-state index < -0.39 is 0 Å². The lowest BCUT2D eigenvalue weighted by Crippen LogP contribution is -2.47. The molecule has 1 saturated carbocycles. The molecule has 1 aromatic carbocycles. The van der Waals surface area contributed by atoms with Crippen molar-refractivity contribution in [2.24, 2.45) is 5.92 Å². The van der Waals surface area contributed by atoms with Gasteiger partial charge in [-0.05, 0) is 43.9 Å². The van der Waals surface area contributed by atoms with Crippen LogP contribution in [0.1, 0.15) is 48.9 Å². The Morgan fingerprint density at radius 1 is 1.12 bits per heavy atom. The van der Waals surface area contributed by atoms with Gasteiger partial charge in [0, 0.05) is 30.6 Å². The molecule has 2 amide bonds. The molecule has 132 valence electrons. The molecule has 1 aliphatic heterocycles. The Morgan fingerprint density at radius 2 is 1.88 bits per heavy atom. The van der Waals surface area contributed by atoms with E-state index in [1.165, 1.54) is 12.8 Å². The summed E-state index contributed by atoms with van der Waals surface area (Å²) in [5, 5.41) is 3.19. The molecule has 0 atom stereocenters. The summed E-state index contributed by atoms with van der Waals surface area (Å²) in [5.74, 6) is 0.477. The summed E-state index contributed by atoms with van der Waals surface area (Å²) in [6, 6.07) is 5.76. The lowest BCUT2D eigenvalue weighted by molar-refractivity contribution is -0.125. The van der Waals surface area contributed by atoms with Crippen LogP contribution in [0.2, 0.25) is 0 Å². The van der Waals surface area contributed by atoms with E-state index in [4.69, 9.17) is 0 Å². The zero-order chi connectivity index (χ0) is 17.2. The third kappa shape index (κ3) is 3.38. The van der Waals surface area contributed by atoms with Crippen molar-refractivity contribution in [3.05, 3.63) is 30.1 Å². The number of likely N-dealkylation sites (tertiary alicyclic amines) is 1. The zero-order valence-corrected chi connectivity index (χ0v) is 14.3. The van der Waals surface area contributed by atoms with Gasteiger partial charge in [-0.1, -0.05) is 12.8 Å². The number of aromatic nitrogens is 2. The summed E-state index contributed by atoms with van der Waals surface area (Å²) < 4.78 is 0. The number of nitrogens with zero attached hydrogens (tertiary/aromatic N) is 2. The lowest BCUT2D eigenvalue weighted by Gasteiger charge is -2.33. The highest BCUT2D eigenvalue weighted by Crippen LogP contribution is 2.25. The Morgan fingerprint density at radius 3 is 2.64 bits per heavy atom. The van der Waals surface area contributed by atoms with Gasteiger partial charge in [0.1, 0.15) is 0 Å². The molecule has 2 aromatic rings. The van der Waals surface area contributed by atoms with E-state index in [1.807, 2.05) is 23.1 Å². The average Bonchev–Trinajstić information content (AvgIpc) is 3.32. The van der Waals surface area contributed by atoms with Crippen molar-refractivity contribution in [1.82, 2.24) is 20.2 Å². The first-order chi connectivity index (χ1) is 12.2. The van der Waals surface area contributed by atoms with Gasteiger partial charge in [-0.3, -0.25) is 9.59 Å². The van der Waals surface area contributed by atoms with E-state index in [-0.39, 0.29) is 23.8 Å². The quantitative estimate of drug-likeness (QED) is 0.901. The molecule has 0 spiro atoms. The minimum Gasteiger partial charge on any atom is -0.353 e. The largest absolute Gasteiger partial charge is 0.353 e. The second kappa shape index (κ2) is 6.86. The van der Waals surface area contributed by atoms with Crippen molar-refractivity contribution in [3.63, 3.8) is 0 Å². The minimum absolute atomic E-state index is 0.0528. The predicted molar refractivity (Wildman–Crippen MR) is 95.1 cm³/mol. The second-order valence-electron chi connectivity index (χ2n) is 7.19. The molecule has 4 rings (SSSR count). The average molecular weight is 340 g/mol. The number of carbonyl (C=O) groups is 2. The van der Waals surface area contributed by atoms with Crippen LogP contribution in [0.15, 0.2) is 24.5 Å². The molecule has 0 unspecified atom stereocenters. The van der Waals surface area contributed by atoms with Crippen molar-refractivity contribution in [3.8, 4) is 0 Å². The highest BCUT2D eigenvalue weighted by atomic mass is 16.2. The first kappa shape index (κ1) is 16.1. The molecule has 2 N–H and O–H groups in total. The number of H-pyrrole nitrogens is 1. The molecule has 1 aromatic heterocycles. The van der Waals surface area contributed by atoms with Gasteiger partial charge in [-0.15, -0.1) is 0 Å². The number of piperidine rings is 1. The molecule has 2 fully saturated rings. The molecule has 6 heteroatoms. The molecule has 2 aliphatic rings. The topological polar surface area (TPSA) is 78.1 Å². The maximum atomic E-state index is 12.7. The number of hydrogen-bond acceptors (Lipinski definition) is 3. The minimum atomic E-state index is 0.0528. The van der Waals surface area contributed by atoms with Gasteiger partial charge in [0.15, 0.2) is 0 Å². The summed E-state index contributed by atoms with van der Waals surface area (Å²) in [4.78, 5) is 34.1. The second-order valence-corrected chi connectivity index (χ2v) is 7.19. The molecule has 6 nitrogen and oxygen atoms in total. The molecular formula is C19H24N4O2. The lowest BCUT2D eigenvalue weighted by atomic mass is 10.0. The van der Waals surface area contributed by atoms with E-state index in [9.17, 15) is 9.59 Å². The van der Waals surface area contributed by atoms with Gasteiger partial charge in [-0.2, -0.15) is 0 Å². The number of aromatic amines is 1. The number of imidazole rings is 1. The van der Waals surface area contributed by atoms with Crippen LogP contribution >= 0.6 is 0 Å². The number of carbonyl (C=O) groups excluding carboxylic acids is 2. The van der Waals surface area contributed by atoms with Crippen LogP contribution < -0.4 is 5.32 Å². The maximum absolute atomic E-state index is 12.7. The van der Waals surface area contributed by atoms with E-state index in [0.29, 0.717) is 18.7 Å². The van der Waals surface area contributed by atoms with Crippen LogP contribution in [0.5, 0.6) is 0 Å². The molecule has 0 radical (unpaired) electrons. The molecule has 2 heterocycles. The Hall–Kier alpha value is -2.37. The monoisotopic (exact) mass is 340 g/mol. The number of nitrogens with one attached hydrogen (secondary N) is 2. The Labute approximate surface area is 147 Å². The van der Waals surface area contributed by atoms with Crippen LogP contribution in [-0.2, 0) is 4.79 Å². The first-order valence-electron chi connectivity index (χ1n) is 9.23. The summed E-state index contributed by atoms with van der Waals surface area (Å²) in [6.45, 7) is 1.38. The molecule has 0 bridgehead atoms. The van der Waals surface area contributed by atoms with Gasteiger partial charge in [-0.25, -0.2) is 4.98 Å². The standard InChI is InChI=1S/C19H24N4O2/c24-18(13-3-1-2-4-13)22-15-7-9-23(10-8-15)19(25)14-5-6-16-17(11-14)21-12-20-16/h5-6,11-13,15H,1-4,7-10H2,(H,20,21)(H,22,24). The third-order valence-electron chi connectivity index (χ3n) is 5.52. The Bertz CT molecular complexity index is 771. The third-order valence-corrected chi connectivity index (χ3v) is 5.52. The van der Waals surface area contributed by atoms with Gasteiger partial charge in [0.25, 0.3) is 5.91 Å². The number of amides is 2. The summed E-state index contributed by atoms with van der Waals surface area (Å²) in [7, 11) is 0. The van der Waals surface area contributed by atoms with Crippen molar-refractivity contribution >= 4 is 22.8 Å². The zero-order valence-electron chi connectivity index (χ0n) is 14.3. The molecular weight excluding hydrogens is 316 g/mol. The van der Waals surface area contributed by atoms with Gasteiger partial charge >= 0.3 is 0 Å². The number of benzene rings is 1. The fraction of sp³-hybridized carbons (Fsp3) is 0.526. The van der Waals surface area contributed by atoms with Crippen LogP contribution in [0.3, 0.4) is 0 Å². The van der Waals surface area contributed by atoms with Crippen molar-refractivity contribution < 1.29 is 9.59 Å². The molecule has 1 aliphatic carbocycles. The number of fused-ring (bicyclic) bond motifs is 1. The van der Waals surface area contributed by atoms with E-state index in [1.54, 1.807) is 6.33 Å². The van der Waals surface area contributed by atoms with E-state index in [0.717, 1.165) is 36.7 Å². The van der Waals surface area contributed by atoms with Crippen molar-refractivity contribution in [2.45, 2.75) is 44.6 Å². The van der Waals surface area contributed by atoms with Crippen molar-refractivity contribution in [2.75, 3.05) is 13.1 Å². The summed E-state index contributed by atoms with van der Waals surface area (Å²) in [6.07, 6.45) is 7.69. The Balaban J connectivity index is 1.33. The van der Waals surface area contributed by atoms with Gasteiger partial charge < -0.3 is 15.2 Å². The highest BCUT2D eigenvalue weighted by molar-refractivity contribution is 5.97. The molecule has 1 saturated heterocycles. The van der Waals surface area contributed by atoms with Crippen LogP contribution in [-0.4, -0.2) is 45.8 Å². The van der Waals surface area contributed by atoms with E-state index >= 15 is 0 Å². The Kier molecular flexibility index (Phi) is 4.42. The highest BCUT2D eigenvalue weighted by Gasteiger charge is 2.28. The fourth-order valence-electron chi connectivity index (χ4n) is 3.99. The van der Waals surface area contributed by atoms with Crippen molar-refractivity contribution in [1.29, 1.82) is 0 Å². The van der Waals surface area contributed by atoms with Gasteiger partial charge in [0.05, 0.1) is 17.4 Å². The maximum Gasteiger partial charge on any atom is 0.253 e. The number of rotatable bonds is 3. The molecule has 25 heavy (non-hydrogen) atoms. The smallest absolute Gasteiger partial charge is 0.253 e. The first-order valence-corrected chi connectivity index (χ1v) is 9.23. The fourth-order valence-corrected chi connectivity index (χ4v) is 3.99. The summed E-state index contributed by atoms with van der Waals surface area (Å²) >= 11 is 0. The van der Waals surface area contributed by atoms with Crippen LogP contribution in [0.25, 0.3) is 11.0 Å². The SMILES string of the molecule is O=C(NC1CCN(C(=O)c2ccc3nc[nH]c3c2)CC1)C1CCCC1. The normalized spacial score (nSPS) is 19.4. The predicted octanol–water partition coefficient (Wildman–Crippen LogP) is 2.47. The number of hydrogen-bond donors (Lipinski definition) is 2. The van der Waals surface area contributed by atoms with Crippen LogP contribution in [0.4, 0.5) is 0 Å². The van der Waals surface area contributed by atoms with Crippen LogP contribution in [0, 0.1) is 5.92 Å². The van der Waals surface area contributed by atoms with E-state index in [2.05, 4.69) is 15.3 Å². The summed E-state index contributed by atoms with van der Waals surface area (Å²) in [5.41, 5.74) is 2.43. The van der Waals surface area contributed by atoms with Gasteiger partial charge in [0.2, 0.25) is 5.91 Å².